The number of hydrogen-bond donors (Lipinski definition) is 1. The SMILES string of the molecule is O=C(CSc1nnc(-c2ccc(Cl)cc2)n1Cc1ccccc1)c1c[nH]c2ccccc12. The van der Waals surface area contributed by atoms with E-state index in [0.29, 0.717) is 22.3 Å². The average Bonchev–Trinajstić information content (AvgIpc) is 3.43. The lowest BCUT2D eigenvalue weighted by Crippen LogP contribution is -2.07. The molecule has 0 saturated heterocycles. The maximum absolute atomic E-state index is 13.0. The summed E-state index contributed by atoms with van der Waals surface area (Å²) in [6.45, 7) is 0.607. The lowest BCUT2D eigenvalue weighted by atomic mass is 10.1. The first kappa shape index (κ1) is 20.5. The fraction of sp³-hybridized carbons (Fsp3) is 0.0800. The molecule has 1 N–H and O–H groups in total. The molecule has 5 nitrogen and oxygen atoms in total. The third kappa shape index (κ3) is 4.20. The Bertz CT molecular complexity index is 1380. The standard InChI is InChI=1S/C25H19ClN4OS/c26-19-12-10-18(11-13-19)24-28-29-25(30(24)15-17-6-2-1-3-7-17)32-16-23(31)21-14-27-22-9-5-4-8-20(21)22/h1-14,27H,15-16H2. The van der Waals surface area contributed by atoms with Crippen LogP contribution in [0.3, 0.4) is 0 Å². The number of ketones is 1. The van der Waals surface area contributed by atoms with Crippen molar-refractivity contribution in [3.63, 3.8) is 0 Å². The van der Waals surface area contributed by atoms with Gasteiger partial charge in [-0.25, -0.2) is 0 Å². The van der Waals surface area contributed by atoms with Gasteiger partial charge in [-0.15, -0.1) is 10.2 Å². The molecule has 0 bridgehead atoms. The fourth-order valence-corrected chi connectivity index (χ4v) is 4.57. The van der Waals surface area contributed by atoms with E-state index >= 15 is 0 Å². The number of aromatic amines is 1. The summed E-state index contributed by atoms with van der Waals surface area (Å²) in [4.78, 5) is 16.1. The van der Waals surface area contributed by atoms with Gasteiger partial charge in [-0.05, 0) is 35.9 Å². The Kier molecular flexibility index (Phi) is 5.79. The number of halogens is 1. The first-order valence-electron chi connectivity index (χ1n) is 10.1. The van der Waals surface area contributed by atoms with E-state index in [1.165, 1.54) is 11.8 Å². The van der Waals surface area contributed by atoms with E-state index in [0.717, 1.165) is 27.9 Å². The lowest BCUT2D eigenvalue weighted by Gasteiger charge is -2.10. The topological polar surface area (TPSA) is 63.6 Å². The normalized spacial score (nSPS) is 11.2. The number of benzene rings is 3. The summed E-state index contributed by atoms with van der Waals surface area (Å²) in [6, 6.07) is 25.5. The molecule has 2 heterocycles. The molecule has 0 spiro atoms. The molecule has 5 aromatic rings. The highest BCUT2D eigenvalue weighted by molar-refractivity contribution is 7.99. The van der Waals surface area contributed by atoms with Crippen LogP contribution in [0.4, 0.5) is 0 Å². The second-order valence-corrected chi connectivity index (χ2v) is 8.72. The van der Waals surface area contributed by atoms with E-state index in [4.69, 9.17) is 11.6 Å². The molecule has 0 aliphatic carbocycles. The molecule has 0 aliphatic rings. The van der Waals surface area contributed by atoms with E-state index in [1.54, 1.807) is 6.20 Å². The van der Waals surface area contributed by atoms with Gasteiger partial charge in [0.2, 0.25) is 0 Å². The number of Topliss-reactive ketones (excluding diaryl/α,β-unsaturated/α-hetero) is 1. The molecule has 0 atom stereocenters. The van der Waals surface area contributed by atoms with Gasteiger partial charge in [0.1, 0.15) is 0 Å². The third-order valence-corrected chi connectivity index (χ3v) is 6.44. The smallest absolute Gasteiger partial charge is 0.192 e. The Balaban J connectivity index is 1.44. The van der Waals surface area contributed by atoms with Crippen molar-refractivity contribution < 1.29 is 4.79 Å². The summed E-state index contributed by atoms with van der Waals surface area (Å²) >= 11 is 7.46. The summed E-state index contributed by atoms with van der Waals surface area (Å²) in [5.74, 6) is 1.07. The number of para-hydroxylation sites is 1. The van der Waals surface area contributed by atoms with Crippen molar-refractivity contribution in [3.05, 3.63) is 101 Å². The Morgan fingerprint density at radius 3 is 2.50 bits per heavy atom. The van der Waals surface area contributed by atoms with Gasteiger partial charge < -0.3 is 4.98 Å². The van der Waals surface area contributed by atoms with Gasteiger partial charge in [0, 0.05) is 33.2 Å². The predicted octanol–water partition coefficient (Wildman–Crippen LogP) is 6.10. The van der Waals surface area contributed by atoms with Crippen molar-refractivity contribution in [3.8, 4) is 11.4 Å². The number of aromatic nitrogens is 4. The maximum Gasteiger partial charge on any atom is 0.192 e. The van der Waals surface area contributed by atoms with Crippen LogP contribution >= 0.6 is 23.4 Å². The van der Waals surface area contributed by atoms with E-state index < -0.39 is 0 Å². The van der Waals surface area contributed by atoms with Crippen LogP contribution in [0.1, 0.15) is 15.9 Å². The number of nitrogens with zero attached hydrogens (tertiary/aromatic N) is 3. The monoisotopic (exact) mass is 458 g/mol. The van der Waals surface area contributed by atoms with E-state index in [9.17, 15) is 4.79 Å². The van der Waals surface area contributed by atoms with Gasteiger partial charge in [0.15, 0.2) is 16.8 Å². The number of nitrogens with one attached hydrogen (secondary N) is 1. The number of hydrogen-bond acceptors (Lipinski definition) is 4. The molecule has 0 unspecified atom stereocenters. The van der Waals surface area contributed by atoms with Gasteiger partial charge in [-0.2, -0.15) is 0 Å². The second-order valence-electron chi connectivity index (χ2n) is 7.34. The Hall–Kier alpha value is -3.35. The number of fused-ring (bicyclic) bond motifs is 1. The molecule has 158 valence electrons. The van der Waals surface area contributed by atoms with Crippen molar-refractivity contribution in [2.45, 2.75) is 11.7 Å². The van der Waals surface area contributed by atoms with Crippen LogP contribution in [0.2, 0.25) is 5.02 Å². The van der Waals surface area contributed by atoms with Crippen LogP contribution in [0.5, 0.6) is 0 Å². The first-order valence-corrected chi connectivity index (χ1v) is 11.5. The zero-order valence-electron chi connectivity index (χ0n) is 17.0. The third-order valence-electron chi connectivity index (χ3n) is 5.22. The minimum atomic E-state index is 0.0507. The zero-order valence-corrected chi connectivity index (χ0v) is 18.6. The Labute approximate surface area is 194 Å². The number of rotatable bonds is 7. The predicted molar refractivity (Wildman–Crippen MR) is 129 cm³/mol. The zero-order chi connectivity index (χ0) is 21.9. The molecule has 0 saturated carbocycles. The molecule has 0 fully saturated rings. The van der Waals surface area contributed by atoms with Crippen molar-refractivity contribution in [1.29, 1.82) is 0 Å². The lowest BCUT2D eigenvalue weighted by molar-refractivity contribution is 0.102. The van der Waals surface area contributed by atoms with Gasteiger partial charge in [0.25, 0.3) is 0 Å². The van der Waals surface area contributed by atoms with Crippen LogP contribution in [-0.2, 0) is 6.54 Å². The molecule has 0 amide bonds. The molecule has 3 aromatic carbocycles. The summed E-state index contributed by atoms with van der Waals surface area (Å²) < 4.78 is 2.05. The molecule has 32 heavy (non-hydrogen) atoms. The minimum absolute atomic E-state index is 0.0507. The molecular formula is C25H19ClN4OS. The largest absolute Gasteiger partial charge is 0.360 e. The van der Waals surface area contributed by atoms with Crippen LogP contribution in [0, 0.1) is 0 Å². The number of carbonyl (C=O) groups is 1. The number of carbonyl (C=O) groups excluding carboxylic acids is 1. The highest BCUT2D eigenvalue weighted by Crippen LogP contribution is 2.27. The van der Waals surface area contributed by atoms with E-state index in [2.05, 4.69) is 27.3 Å². The highest BCUT2D eigenvalue weighted by atomic mass is 35.5. The molecule has 2 aromatic heterocycles. The van der Waals surface area contributed by atoms with E-state index in [1.807, 2.05) is 71.3 Å². The van der Waals surface area contributed by atoms with Crippen LogP contribution in [0.25, 0.3) is 22.3 Å². The molecule has 0 aliphatic heterocycles. The summed E-state index contributed by atoms with van der Waals surface area (Å²) in [6.07, 6.45) is 1.78. The van der Waals surface area contributed by atoms with Crippen molar-refractivity contribution in [1.82, 2.24) is 19.7 Å². The minimum Gasteiger partial charge on any atom is -0.360 e. The van der Waals surface area contributed by atoms with E-state index in [-0.39, 0.29) is 11.5 Å². The second kappa shape index (κ2) is 9.02. The first-order chi connectivity index (χ1) is 15.7. The summed E-state index contributed by atoms with van der Waals surface area (Å²) in [5, 5.41) is 11.1. The van der Waals surface area contributed by atoms with Crippen molar-refractivity contribution in [2.75, 3.05) is 5.75 Å². The van der Waals surface area contributed by atoms with Crippen molar-refractivity contribution in [2.24, 2.45) is 0 Å². The molecular weight excluding hydrogens is 440 g/mol. The van der Waals surface area contributed by atoms with Gasteiger partial charge in [-0.3, -0.25) is 9.36 Å². The quantitative estimate of drug-likeness (QED) is 0.236. The van der Waals surface area contributed by atoms with Crippen LogP contribution < -0.4 is 0 Å². The van der Waals surface area contributed by atoms with Gasteiger partial charge in [0.05, 0.1) is 12.3 Å². The highest BCUT2D eigenvalue weighted by Gasteiger charge is 2.18. The summed E-state index contributed by atoms with van der Waals surface area (Å²) in [7, 11) is 0. The van der Waals surface area contributed by atoms with Gasteiger partial charge >= 0.3 is 0 Å². The van der Waals surface area contributed by atoms with Crippen molar-refractivity contribution >= 4 is 40.0 Å². The average molecular weight is 459 g/mol. The maximum atomic E-state index is 13.0. The number of H-pyrrole nitrogens is 1. The van der Waals surface area contributed by atoms with Crippen LogP contribution in [-0.4, -0.2) is 31.3 Å². The molecule has 7 heteroatoms. The molecule has 0 radical (unpaired) electrons. The molecule has 5 rings (SSSR count). The number of thioether (sulfide) groups is 1. The Morgan fingerprint density at radius 1 is 0.938 bits per heavy atom. The van der Waals surface area contributed by atoms with Crippen LogP contribution in [0.15, 0.2) is 90.2 Å². The van der Waals surface area contributed by atoms with Gasteiger partial charge in [-0.1, -0.05) is 71.9 Å². The summed E-state index contributed by atoms with van der Waals surface area (Å²) in [5.41, 5.74) is 3.71. The Morgan fingerprint density at radius 2 is 1.69 bits per heavy atom. The fourth-order valence-electron chi connectivity index (χ4n) is 3.63.